The number of halogens is 3. The molecule has 1 saturated heterocycles. The van der Waals surface area contributed by atoms with Crippen LogP contribution in [-0.2, 0) is 21.0 Å². The average Bonchev–Trinajstić information content (AvgIpc) is 3.28. The number of hydrogen-bond donors (Lipinski definition) is 2. The number of hydrogen-bond acceptors (Lipinski definition) is 5. The van der Waals surface area contributed by atoms with Crippen LogP contribution in [0.5, 0.6) is 0 Å². The minimum absolute atomic E-state index is 0.135. The van der Waals surface area contributed by atoms with Gasteiger partial charge in [-0.1, -0.05) is 18.6 Å². The summed E-state index contributed by atoms with van der Waals surface area (Å²) in [6.07, 6.45) is -0.165. The molecular weight excluding hydrogens is 447 g/mol. The number of nitrogens with zero attached hydrogens (tertiary/aromatic N) is 1. The maximum Gasteiger partial charge on any atom is 0.417 e. The summed E-state index contributed by atoms with van der Waals surface area (Å²) >= 11 is 0. The summed E-state index contributed by atoms with van der Waals surface area (Å²) in [5, 5.41) is 2.77. The van der Waals surface area contributed by atoms with Gasteiger partial charge in [-0.3, -0.25) is 9.69 Å². The molecule has 2 heterocycles. The molecule has 1 fully saturated rings. The van der Waals surface area contributed by atoms with E-state index in [9.17, 15) is 26.4 Å². The van der Waals surface area contributed by atoms with Gasteiger partial charge < -0.3 is 9.73 Å². The number of likely N-dealkylation sites (tertiary alicyclic amines) is 1. The Morgan fingerprint density at radius 2 is 1.81 bits per heavy atom. The first-order valence-corrected chi connectivity index (χ1v) is 11.9. The summed E-state index contributed by atoms with van der Waals surface area (Å²) in [4.78, 5) is 13.6. The Bertz CT molecular complexity index is 988. The zero-order valence-corrected chi connectivity index (χ0v) is 18.2. The molecular formula is C21H26F3N3O4S. The van der Waals surface area contributed by atoms with Crippen LogP contribution in [0.4, 0.5) is 13.2 Å². The second-order valence-corrected chi connectivity index (χ2v) is 9.31. The number of amides is 1. The second kappa shape index (κ2) is 10.5. The molecule has 7 nitrogen and oxygen atoms in total. The quantitative estimate of drug-likeness (QED) is 0.583. The summed E-state index contributed by atoms with van der Waals surface area (Å²) < 4.78 is 71.6. The van der Waals surface area contributed by atoms with Gasteiger partial charge in [-0.15, -0.1) is 0 Å². The first-order chi connectivity index (χ1) is 15.2. The van der Waals surface area contributed by atoms with Gasteiger partial charge in [0.15, 0.2) is 0 Å². The Balaban J connectivity index is 1.54. The first kappa shape index (κ1) is 24.3. The number of sulfonamides is 1. The number of alkyl halides is 3. The van der Waals surface area contributed by atoms with Crippen molar-refractivity contribution in [2.75, 3.05) is 26.2 Å². The molecule has 11 heteroatoms. The molecule has 1 amide bonds. The number of rotatable bonds is 9. The van der Waals surface area contributed by atoms with Gasteiger partial charge in [0.2, 0.25) is 15.9 Å². The fraction of sp³-hybridized carbons (Fsp3) is 0.476. The van der Waals surface area contributed by atoms with E-state index in [0.29, 0.717) is 6.07 Å². The van der Waals surface area contributed by atoms with Gasteiger partial charge in [0, 0.05) is 19.5 Å². The van der Waals surface area contributed by atoms with E-state index in [1.807, 2.05) is 6.07 Å². The van der Waals surface area contributed by atoms with Crippen molar-refractivity contribution in [3.8, 4) is 0 Å². The number of carbonyl (C=O) groups is 1. The van der Waals surface area contributed by atoms with Gasteiger partial charge >= 0.3 is 6.18 Å². The lowest BCUT2D eigenvalue weighted by Crippen LogP contribution is -2.41. The number of furan rings is 1. The van der Waals surface area contributed by atoms with Crippen LogP contribution in [-0.4, -0.2) is 45.4 Å². The summed E-state index contributed by atoms with van der Waals surface area (Å²) in [7, 11) is -4.43. The van der Waals surface area contributed by atoms with E-state index in [-0.39, 0.29) is 25.6 Å². The Morgan fingerprint density at radius 3 is 2.47 bits per heavy atom. The van der Waals surface area contributed by atoms with E-state index in [2.05, 4.69) is 14.9 Å². The molecule has 0 radical (unpaired) electrons. The van der Waals surface area contributed by atoms with Crippen LogP contribution in [0.25, 0.3) is 0 Å². The van der Waals surface area contributed by atoms with Crippen molar-refractivity contribution in [1.29, 1.82) is 0 Å². The summed E-state index contributed by atoms with van der Waals surface area (Å²) in [6, 6.07) is 7.41. The minimum Gasteiger partial charge on any atom is -0.468 e. The maximum absolute atomic E-state index is 13.1. The van der Waals surface area contributed by atoms with Crippen LogP contribution >= 0.6 is 0 Å². The van der Waals surface area contributed by atoms with Crippen molar-refractivity contribution in [3.05, 3.63) is 54.0 Å². The molecule has 1 aliphatic heterocycles. The fourth-order valence-electron chi connectivity index (χ4n) is 3.73. The highest BCUT2D eigenvalue weighted by molar-refractivity contribution is 7.89. The number of benzene rings is 1. The van der Waals surface area contributed by atoms with Crippen LogP contribution in [0.2, 0.25) is 0 Å². The third kappa shape index (κ3) is 6.33. The topological polar surface area (TPSA) is 91.6 Å². The molecule has 3 rings (SSSR count). The molecule has 1 aliphatic rings. The average molecular weight is 474 g/mol. The van der Waals surface area contributed by atoms with E-state index < -0.39 is 32.6 Å². The monoisotopic (exact) mass is 473 g/mol. The van der Waals surface area contributed by atoms with Crippen LogP contribution in [0, 0.1) is 0 Å². The smallest absolute Gasteiger partial charge is 0.417 e. The van der Waals surface area contributed by atoms with Crippen LogP contribution < -0.4 is 10.0 Å². The van der Waals surface area contributed by atoms with E-state index in [1.165, 1.54) is 6.07 Å². The molecule has 1 aromatic heterocycles. The van der Waals surface area contributed by atoms with Crippen molar-refractivity contribution in [3.63, 3.8) is 0 Å². The Hall–Kier alpha value is -2.37. The molecule has 32 heavy (non-hydrogen) atoms. The lowest BCUT2D eigenvalue weighted by Gasteiger charge is -2.33. The third-order valence-electron chi connectivity index (χ3n) is 5.32. The molecule has 176 valence electrons. The van der Waals surface area contributed by atoms with E-state index in [0.717, 1.165) is 50.2 Å². The van der Waals surface area contributed by atoms with Crippen molar-refractivity contribution in [2.24, 2.45) is 0 Å². The van der Waals surface area contributed by atoms with Crippen LogP contribution in [0.3, 0.4) is 0 Å². The zero-order chi connectivity index (χ0) is 23.2. The van der Waals surface area contributed by atoms with Crippen molar-refractivity contribution < 1.29 is 30.8 Å². The van der Waals surface area contributed by atoms with Crippen LogP contribution in [0.1, 0.15) is 43.0 Å². The Morgan fingerprint density at radius 1 is 1.09 bits per heavy atom. The van der Waals surface area contributed by atoms with Gasteiger partial charge in [-0.2, -0.15) is 13.2 Å². The lowest BCUT2D eigenvalue weighted by atomic mass is 10.1. The summed E-state index contributed by atoms with van der Waals surface area (Å²) in [5.74, 6) is 0.321. The maximum atomic E-state index is 13.1. The standard InChI is InChI=1S/C21H26F3N3O4S/c22-21(23,24)16-7-2-3-9-19(16)32(29,30)26-11-10-20(28)25-15-17(18-8-6-14-31-18)27-12-4-1-5-13-27/h2-3,6-9,14,17,26H,1,4-5,10-13,15H2,(H,25,28)/t17-/m0/s1. The normalized spacial score (nSPS) is 16.6. The molecule has 1 atom stereocenters. The van der Waals surface area contributed by atoms with Gasteiger partial charge in [-0.25, -0.2) is 13.1 Å². The molecule has 0 unspecified atom stereocenters. The first-order valence-electron chi connectivity index (χ1n) is 10.4. The predicted octanol–water partition coefficient (Wildman–Crippen LogP) is 3.31. The summed E-state index contributed by atoms with van der Waals surface area (Å²) in [6.45, 7) is 1.74. The number of piperidine rings is 1. The molecule has 1 aromatic carbocycles. The largest absolute Gasteiger partial charge is 0.468 e. The zero-order valence-electron chi connectivity index (χ0n) is 17.4. The number of nitrogens with one attached hydrogen (secondary N) is 2. The highest BCUT2D eigenvalue weighted by Gasteiger charge is 2.36. The van der Waals surface area contributed by atoms with Crippen molar-refractivity contribution in [1.82, 2.24) is 14.9 Å². The SMILES string of the molecule is O=C(CCNS(=O)(=O)c1ccccc1C(F)(F)F)NC[C@@H](c1ccco1)N1CCCCC1. The van der Waals surface area contributed by atoms with Gasteiger partial charge in [0.05, 0.1) is 22.8 Å². The lowest BCUT2D eigenvalue weighted by molar-refractivity contribution is -0.139. The molecule has 0 saturated carbocycles. The van der Waals surface area contributed by atoms with Gasteiger partial charge in [0.1, 0.15) is 5.76 Å². The van der Waals surface area contributed by atoms with Crippen molar-refractivity contribution in [2.45, 2.75) is 42.8 Å². The molecule has 2 aromatic rings. The van der Waals surface area contributed by atoms with E-state index in [4.69, 9.17) is 4.42 Å². The minimum atomic E-state index is -4.81. The van der Waals surface area contributed by atoms with E-state index >= 15 is 0 Å². The third-order valence-corrected chi connectivity index (χ3v) is 6.84. The van der Waals surface area contributed by atoms with Gasteiger partial charge in [0.25, 0.3) is 0 Å². The van der Waals surface area contributed by atoms with Crippen molar-refractivity contribution >= 4 is 15.9 Å². The number of carbonyl (C=O) groups excluding carboxylic acids is 1. The second-order valence-electron chi connectivity index (χ2n) is 7.57. The van der Waals surface area contributed by atoms with Crippen LogP contribution in [0.15, 0.2) is 52.0 Å². The molecule has 0 spiro atoms. The predicted molar refractivity (Wildman–Crippen MR) is 111 cm³/mol. The Kier molecular flexibility index (Phi) is 7.96. The summed E-state index contributed by atoms with van der Waals surface area (Å²) in [5.41, 5.74) is -1.25. The van der Waals surface area contributed by atoms with Gasteiger partial charge in [-0.05, 0) is 50.2 Å². The fourth-order valence-corrected chi connectivity index (χ4v) is 4.99. The highest BCUT2D eigenvalue weighted by atomic mass is 32.2. The Labute approximate surface area is 185 Å². The molecule has 0 aliphatic carbocycles. The molecule has 0 bridgehead atoms. The molecule has 2 N–H and O–H groups in total. The highest BCUT2D eigenvalue weighted by Crippen LogP contribution is 2.33. The van der Waals surface area contributed by atoms with E-state index in [1.54, 1.807) is 12.3 Å².